The molecule has 26 heavy (non-hydrogen) atoms. The second-order valence-electron chi connectivity index (χ2n) is 8.32. The molecule has 1 N–H and O–H groups in total. The zero-order valence-corrected chi connectivity index (χ0v) is 16.1. The summed E-state index contributed by atoms with van der Waals surface area (Å²) >= 11 is 0. The van der Waals surface area contributed by atoms with Gasteiger partial charge in [0.25, 0.3) is 0 Å². The van der Waals surface area contributed by atoms with Crippen LogP contribution in [0, 0.1) is 17.8 Å². The number of nitrogens with zero attached hydrogens (tertiary/aromatic N) is 2. The molecule has 0 aromatic heterocycles. The average molecular weight is 357 g/mol. The fourth-order valence-corrected chi connectivity index (χ4v) is 4.48. The van der Waals surface area contributed by atoms with Gasteiger partial charge in [0.2, 0.25) is 11.8 Å². The van der Waals surface area contributed by atoms with Crippen LogP contribution >= 0.6 is 0 Å². The SMILES string of the molecule is C[C@@H]1C[C@H](C)CN(C[C@@H](C)NC(=O)[C@H]2CC(=O)N(c3ccccc3)C2)C1. The standard InChI is InChI=1S/C21H31N3O2/c1-15-9-16(2)12-23(11-15)13-17(3)22-21(26)18-10-20(25)24(14-18)19-7-5-4-6-8-19/h4-8,15-18H,9-14H2,1-3H3,(H,22,26)/t15-,16+,17-,18+/m1/s1. The minimum atomic E-state index is -0.260. The topological polar surface area (TPSA) is 52.7 Å². The summed E-state index contributed by atoms with van der Waals surface area (Å²) in [7, 11) is 0. The van der Waals surface area contributed by atoms with E-state index in [4.69, 9.17) is 0 Å². The number of nitrogens with one attached hydrogen (secondary N) is 1. The Labute approximate surface area is 156 Å². The lowest BCUT2D eigenvalue weighted by Gasteiger charge is -2.36. The number of piperidine rings is 1. The minimum Gasteiger partial charge on any atom is -0.352 e. The first kappa shape index (κ1) is 18.9. The fraction of sp³-hybridized carbons (Fsp3) is 0.619. The number of benzene rings is 1. The molecule has 5 nitrogen and oxygen atoms in total. The summed E-state index contributed by atoms with van der Waals surface area (Å²) in [6.07, 6.45) is 1.59. The lowest BCUT2D eigenvalue weighted by Crippen LogP contribution is -2.48. The summed E-state index contributed by atoms with van der Waals surface area (Å²) in [5.41, 5.74) is 0.872. The Kier molecular flexibility index (Phi) is 5.97. The maximum absolute atomic E-state index is 12.6. The van der Waals surface area contributed by atoms with Gasteiger partial charge in [0.05, 0.1) is 5.92 Å². The largest absolute Gasteiger partial charge is 0.352 e. The maximum Gasteiger partial charge on any atom is 0.227 e. The van der Waals surface area contributed by atoms with E-state index in [-0.39, 0.29) is 23.8 Å². The molecule has 0 bridgehead atoms. The minimum absolute atomic E-state index is 0.00221. The molecular weight excluding hydrogens is 326 g/mol. The number of anilines is 1. The zero-order valence-electron chi connectivity index (χ0n) is 16.1. The van der Waals surface area contributed by atoms with Crippen LogP contribution in [0.1, 0.15) is 33.6 Å². The second kappa shape index (κ2) is 8.21. The van der Waals surface area contributed by atoms with Crippen LogP contribution in [0.15, 0.2) is 30.3 Å². The number of carbonyl (C=O) groups is 2. The molecule has 3 rings (SSSR count). The molecule has 2 amide bonds. The first-order valence-electron chi connectivity index (χ1n) is 9.80. The van der Waals surface area contributed by atoms with E-state index in [1.54, 1.807) is 4.90 Å². The number of amides is 2. The van der Waals surface area contributed by atoms with Crippen molar-refractivity contribution in [1.29, 1.82) is 0 Å². The predicted molar refractivity (Wildman–Crippen MR) is 104 cm³/mol. The van der Waals surface area contributed by atoms with Crippen LogP contribution in [0.5, 0.6) is 0 Å². The van der Waals surface area contributed by atoms with E-state index < -0.39 is 0 Å². The van der Waals surface area contributed by atoms with E-state index in [1.807, 2.05) is 30.3 Å². The first-order chi connectivity index (χ1) is 12.4. The lowest BCUT2D eigenvalue weighted by molar-refractivity contribution is -0.127. The molecule has 142 valence electrons. The Hall–Kier alpha value is -1.88. The van der Waals surface area contributed by atoms with Crippen LogP contribution in [0.4, 0.5) is 5.69 Å². The van der Waals surface area contributed by atoms with Crippen molar-refractivity contribution in [3.8, 4) is 0 Å². The molecule has 2 aliphatic heterocycles. The molecule has 1 aromatic carbocycles. The van der Waals surface area contributed by atoms with E-state index in [0.29, 0.717) is 24.8 Å². The van der Waals surface area contributed by atoms with Crippen LogP contribution in [-0.2, 0) is 9.59 Å². The van der Waals surface area contributed by atoms with Gasteiger partial charge in [-0.25, -0.2) is 0 Å². The van der Waals surface area contributed by atoms with Crippen molar-refractivity contribution in [3.63, 3.8) is 0 Å². The molecule has 0 saturated carbocycles. The van der Waals surface area contributed by atoms with Crippen LogP contribution in [-0.4, -0.2) is 48.9 Å². The highest BCUT2D eigenvalue weighted by atomic mass is 16.2. The number of hydrogen-bond donors (Lipinski definition) is 1. The second-order valence-corrected chi connectivity index (χ2v) is 8.32. The van der Waals surface area contributed by atoms with Gasteiger partial charge >= 0.3 is 0 Å². The van der Waals surface area contributed by atoms with Crippen LogP contribution < -0.4 is 10.2 Å². The summed E-state index contributed by atoms with van der Waals surface area (Å²) in [6.45, 7) is 10.2. The van der Waals surface area contributed by atoms with Crippen molar-refractivity contribution in [3.05, 3.63) is 30.3 Å². The van der Waals surface area contributed by atoms with E-state index in [2.05, 4.69) is 31.0 Å². The van der Waals surface area contributed by atoms with E-state index >= 15 is 0 Å². The monoisotopic (exact) mass is 357 g/mol. The maximum atomic E-state index is 12.6. The Balaban J connectivity index is 1.51. The number of rotatable bonds is 5. The van der Waals surface area contributed by atoms with Gasteiger partial charge in [-0.2, -0.15) is 0 Å². The fourth-order valence-electron chi connectivity index (χ4n) is 4.48. The van der Waals surface area contributed by atoms with Crippen molar-refractivity contribution >= 4 is 17.5 Å². The van der Waals surface area contributed by atoms with Crippen LogP contribution in [0.25, 0.3) is 0 Å². The molecule has 0 unspecified atom stereocenters. The van der Waals surface area contributed by atoms with Gasteiger partial charge in [0, 0.05) is 44.3 Å². The summed E-state index contributed by atoms with van der Waals surface area (Å²) < 4.78 is 0. The van der Waals surface area contributed by atoms with E-state index in [1.165, 1.54) is 6.42 Å². The third kappa shape index (κ3) is 4.64. The predicted octanol–water partition coefficient (Wildman–Crippen LogP) is 2.52. The Bertz CT molecular complexity index is 623. The van der Waals surface area contributed by atoms with Crippen molar-refractivity contribution in [2.75, 3.05) is 31.1 Å². The summed E-state index contributed by atoms with van der Waals surface area (Å²) in [5, 5.41) is 3.13. The lowest BCUT2D eigenvalue weighted by atomic mass is 9.91. The summed E-state index contributed by atoms with van der Waals surface area (Å²) in [4.78, 5) is 29.1. The Morgan fingerprint density at radius 1 is 1.15 bits per heavy atom. The van der Waals surface area contributed by atoms with Gasteiger partial charge in [0.1, 0.15) is 0 Å². The molecular formula is C21H31N3O2. The molecule has 2 aliphatic rings. The molecule has 0 spiro atoms. The number of likely N-dealkylation sites (tertiary alicyclic amines) is 1. The zero-order chi connectivity index (χ0) is 18.7. The van der Waals surface area contributed by atoms with Gasteiger partial charge in [-0.3, -0.25) is 9.59 Å². The van der Waals surface area contributed by atoms with Crippen molar-refractivity contribution in [2.45, 2.75) is 39.7 Å². The first-order valence-corrected chi connectivity index (χ1v) is 9.80. The molecule has 0 radical (unpaired) electrons. The van der Waals surface area contributed by atoms with Gasteiger partial charge in [-0.1, -0.05) is 32.0 Å². The van der Waals surface area contributed by atoms with Gasteiger partial charge < -0.3 is 15.1 Å². The van der Waals surface area contributed by atoms with E-state index in [9.17, 15) is 9.59 Å². The third-order valence-corrected chi connectivity index (χ3v) is 5.43. The van der Waals surface area contributed by atoms with Gasteiger partial charge in [-0.15, -0.1) is 0 Å². The number of hydrogen-bond acceptors (Lipinski definition) is 3. The summed E-state index contributed by atoms with van der Waals surface area (Å²) in [6, 6.07) is 9.69. The van der Waals surface area contributed by atoms with Crippen LogP contribution in [0.3, 0.4) is 0 Å². The van der Waals surface area contributed by atoms with Crippen molar-refractivity contribution in [2.24, 2.45) is 17.8 Å². The van der Waals surface area contributed by atoms with Crippen LogP contribution in [0.2, 0.25) is 0 Å². The third-order valence-electron chi connectivity index (χ3n) is 5.43. The average Bonchev–Trinajstić information content (AvgIpc) is 2.96. The van der Waals surface area contributed by atoms with Crippen molar-refractivity contribution < 1.29 is 9.59 Å². The smallest absolute Gasteiger partial charge is 0.227 e. The van der Waals surface area contributed by atoms with Gasteiger partial charge in [-0.05, 0) is 37.3 Å². The molecule has 1 aromatic rings. The molecule has 5 heteroatoms. The molecule has 2 fully saturated rings. The molecule has 4 atom stereocenters. The molecule has 2 heterocycles. The quantitative estimate of drug-likeness (QED) is 0.881. The number of carbonyl (C=O) groups excluding carboxylic acids is 2. The Morgan fingerprint density at radius 3 is 2.46 bits per heavy atom. The highest BCUT2D eigenvalue weighted by Crippen LogP contribution is 2.25. The van der Waals surface area contributed by atoms with E-state index in [0.717, 1.165) is 25.3 Å². The molecule has 2 saturated heterocycles. The Morgan fingerprint density at radius 2 is 1.81 bits per heavy atom. The van der Waals surface area contributed by atoms with Gasteiger partial charge in [0.15, 0.2) is 0 Å². The van der Waals surface area contributed by atoms with Crippen molar-refractivity contribution in [1.82, 2.24) is 10.2 Å². The number of para-hydroxylation sites is 1. The normalized spacial score (nSPS) is 28.2. The highest BCUT2D eigenvalue weighted by molar-refractivity contribution is 6.00. The highest BCUT2D eigenvalue weighted by Gasteiger charge is 2.35. The summed E-state index contributed by atoms with van der Waals surface area (Å²) in [5.74, 6) is 1.21. The molecule has 0 aliphatic carbocycles.